The molecule has 2 N–H and O–H groups in total. The van der Waals surface area contributed by atoms with Crippen LogP contribution in [0.3, 0.4) is 0 Å². The molecule has 1 amide bonds. The van der Waals surface area contributed by atoms with Crippen LogP contribution in [0.1, 0.15) is 61.0 Å². The van der Waals surface area contributed by atoms with Crippen molar-refractivity contribution in [2.75, 3.05) is 65.4 Å². The molecule has 10 nitrogen and oxygen atoms in total. The van der Waals surface area contributed by atoms with E-state index in [1.165, 1.54) is 10.5 Å². The highest BCUT2D eigenvalue weighted by atomic mass is 35.5. The average molecular weight is 688 g/mol. The summed E-state index contributed by atoms with van der Waals surface area (Å²) in [5.41, 5.74) is 10.6. The van der Waals surface area contributed by atoms with Crippen molar-refractivity contribution in [3.8, 4) is 6.01 Å². The summed E-state index contributed by atoms with van der Waals surface area (Å²) in [5, 5.41) is 0.927. The molecular weight excluding hydrogens is 642 g/mol. The van der Waals surface area contributed by atoms with Gasteiger partial charge in [0.25, 0.3) is 5.91 Å². The zero-order valence-electron chi connectivity index (χ0n) is 27.7. The summed E-state index contributed by atoms with van der Waals surface area (Å²) >= 11 is 13.4. The van der Waals surface area contributed by atoms with Crippen molar-refractivity contribution in [2.24, 2.45) is 10.7 Å². The summed E-state index contributed by atoms with van der Waals surface area (Å²) in [6, 6.07) is 6.46. The van der Waals surface area contributed by atoms with E-state index in [-0.39, 0.29) is 28.2 Å². The molecule has 2 aromatic rings. The summed E-state index contributed by atoms with van der Waals surface area (Å²) in [4.78, 5) is 35.5. The third-order valence-electron chi connectivity index (χ3n) is 10.1. The molecule has 1 aromatic carbocycles. The van der Waals surface area contributed by atoms with Crippen LogP contribution in [0.2, 0.25) is 5.02 Å². The van der Waals surface area contributed by atoms with E-state index >= 15 is 0 Å². The summed E-state index contributed by atoms with van der Waals surface area (Å²) in [6.07, 6.45) is 3.79. The van der Waals surface area contributed by atoms with Crippen molar-refractivity contribution < 1.29 is 13.9 Å². The summed E-state index contributed by atoms with van der Waals surface area (Å²) in [6.45, 7) is 5.96. The number of hydrogen-bond donors (Lipinski definition) is 1. The number of carbonyl (C=O) groups excluding carboxylic acids is 1. The van der Waals surface area contributed by atoms with Crippen molar-refractivity contribution in [2.45, 2.75) is 69.7 Å². The smallest absolute Gasteiger partial charge is 0.318 e. The lowest BCUT2D eigenvalue weighted by Crippen LogP contribution is -2.43. The van der Waals surface area contributed by atoms with Crippen molar-refractivity contribution in [3.05, 3.63) is 56.3 Å². The maximum atomic E-state index is 14.6. The molecule has 0 saturated carbocycles. The van der Waals surface area contributed by atoms with Gasteiger partial charge in [-0.15, -0.1) is 0 Å². The number of alkyl halides is 1. The number of rotatable bonds is 8. The molecule has 3 atom stereocenters. The van der Waals surface area contributed by atoms with Crippen LogP contribution in [0, 0.1) is 0 Å². The van der Waals surface area contributed by atoms with E-state index in [1.54, 1.807) is 14.1 Å². The minimum atomic E-state index is -0.847. The second-order valence-corrected chi connectivity index (χ2v) is 14.2. The van der Waals surface area contributed by atoms with Crippen LogP contribution in [0.4, 0.5) is 10.2 Å². The Morgan fingerprint density at radius 2 is 2.02 bits per heavy atom. The van der Waals surface area contributed by atoms with Gasteiger partial charge in [-0.1, -0.05) is 42.3 Å². The van der Waals surface area contributed by atoms with E-state index in [1.807, 2.05) is 12.1 Å². The number of halogens is 3. The Balaban J connectivity index is 1.37. The Morgan fingerprint density at radius 3 is 2.79 bits per heavy atom. The summed E-state index contributed by atoms with van der Waals surface area (Å²) in [7, 11) is 5.39. The number of hydrogen-bond acceptors (Lipinski definition) is 9. The van der Waals surface area contributed by atoms with E-state index in [9.17, 15) is 9.18 Å². The van der Waals surface area contributed by atoms with Gasteiger partial charge in [0.05, 0.1) is 28.5 Å². The van der Waals surface area contributed by atoms with Crippen LogP contribution < -0.4 is 15.4 Å². The van der Waals surface area contributed by atoms with Crippen LogP contribution in [0.5, 0.6) is 6.01 Å². The number of carbonyl (C=O) groups is 1. The Labute approximate surface area is 286 Å². The van der Waals surface area contributed by atoms with Crippen LogP contribution in [0.25, 0.3) is 0 Å². The lowest BCUT2D eigenvalue weighted by atomic mass is 9.90. The van der Waals surface area contributed by atoms with Crippen LogP contribution in [-0.2, 0) is 24.2 Å². The summed E-state index contributed by atoms with van der Waals surface area (Å²) < 4.78 is 21.0. The monoisotopic (exact) mass is 686 g/mol. The second-order valence-electron chi connectivity index (χ2n) is 13.4. The minimum Gasteiger partial charge on any atom is -0.461 e. The average Bonchev–Trinajstić information content (AvgIpc) is 3.46. The van der Waals surface area contributed by atoms with Gasteiger partial charge >= 0.3 is 6.01 Å². The van der Waals surface area contributed by atoms with Crippen LogP contribution in [0.15, 0.2) is 33.9 Å². The third kappa shape index (κ3) is 6.69. The number of aromatic nitrogens is 2. The number of benzene rings is 1. The SMILES string of the molecule is CCc1c(Cl)cccc1C1Cc2nc(OC[C@@]34CCCN3CC(F)C4)nc(N3CCCN=C(/C(Cl)=C(\N)C(=O)N(C)C)C3)c2CN1C. The maximum Gasteiger partial charge on any atom is 0.318 e. The molecule has 4 aliphatic heterocycles. The topological polar surface area (TPSA) is 103 Å². The van der Waals surface area contributed by atoms with Gasteiger partial charge in [0.15, 0.2) is 0 Å². The number of fused-ring (bicyclic) bond motifs is 2. The van der Waals surface area contributed by atoms with Gasteiger partial charge in [-0.2, -0.15) is 9.97 Å². The Kier molecular flexibility index (Phi) is 9.99. The molecule has 0 bridgehead atoms. The zero-order valence-corrected chi connectivity index (χ0v) is 29.2. The highest BCUT2D eigenvalue weighted by Gasteiger charge is 2.49. The number of nitrogens with two attached hydrogens (primary N) is 1. The molecule has 2 fully saturated rings. The summed E-state index contributed by atoms with van der Waals surface area (Å²) in [5.74, 6) is 0.385. The molecule has 0 spiro atoms. The first-order chi connectivity index (χ1) is 22.5. The Bertz CT molecular complexity index is 1590. The molecule has 4 aliphatic rings. The van der Waals surface area contributed by atoms with Crippen molar-refractivity contribution >= 4 is 40.6 Å². The van der Waals surface area contributed by atoms with E-state index in [4.69, 9.17) is 48.6 Å². The lowest BCUT2D eigenvalue weighted by Gasteiger charge is -2.37. The van der Waals surface area contributed by atoms with E-state index in [0.717, 1.165) is 59.9 Å². The molecule has 1 aromatic heterocycles. The number of amides is 1. The standard InChI is InChI=1S/C34H45Cl2FN8O2/c1-5-22-23(9-6-10-25(22)35)28-15-26-24(18-43(28)4)31(41-33(40-26)47-20-34-11-7-14-45(34)17-21(37)16-34)44-13-8-12-39-27(19-44)29(36)30(38)32(46)42(2)3/h6,9-10,21,28H,5,7-8,11-20,38H2,1-4H3/b30-29+/t21?,28?,34-/m0/s1. The van der Waals surface area contributed by atoms with Gasteiger partial charge in [0, 0.05) is 69.7 Å². The first kappa shape index (κ1) is 33.9. The minimum absolute atomic E-state index is 0.0371. The largest absolute Gasteiger partial charge is 0.461 e. The van der Waals surface area contributed by atoms with Gasteiger partial charge in [-0.3, -0.25) is 19.6 Å². The molecule has 6 rings (SSSR count). The maximum absolute atomic E-state index is 14.6. The fraction of sp³-hybridized carbons (Fsp3) is 0.588. The number of likely N-dealkylation sites (N-methyl/N-ethyl adjacent to an activating group) is 2. The number of ether oxygens (including phenoxy) is 1. The molecule has 13 heteroatoms. The van der Waals surface area contributed by atoms with Gasteiger partial charge in [0.1, 0.15) is 24.3 Å². The highest BCUT2D eigenvalue weighted by Crippen LogP contribution is 2.42. The molecule has 254 valence electrons. The first-order valence-electron chi connectivity index (χ1n) is 16.6. The van der Waals surface area contributed by atoms with Gasteiger partial charge < -0.3 is 20.3 Å². The molecule has 0 aliphatic carbocycles. The van der Waals surface area contributed by atoms with Crippen LogP contribution >= 0.6 is 23.2 Å². The van der Waals surface area contributed by atoms with Crippen molar-refractivity contribution in [1.29, 1.82) is 0 Å². The fourth-order valence-corrected chi connectivity index (χ4v) is 8.22. The number of aliphatic imine (C=N–C) groups is 1. The number of anilines is 1. The molecular formula is C34H45Cl2FN8O2. The van der Waals surface area contributed by atoms with Crippen molar-refractivity contribution in [1.82, 2.24) is 24.7 Å². The third-order valence-corrected chi connectivity index (χ3v) is 10.9. The quantitative estimate of drug-likeness (QED) is 0.405. The normalized spacial score (nSPS) is 25.5. The second kappa shape index (κ2) is 13.9. The van der Waals surface area contributed by atoms with Crippen molar-refractivity contribution in [3.63, 3.8) is 0 Å². The van der Waals surface area contributed by atoms with Gasteiger partial charge in [0.2, 0.25) is 0 Å². The fourth-order valence-electron chi connectivity index (χ4n) is 7.70. The number of nitrogens with zero attached hydrogens (tertiary/aromatic N) is 7. The predicted octanol–water partition coefficient (Wildman–Crippen LogP) is 4.53. The Morgan fingerprint density at radius 1 is 1.21 bits per heavy atom. The van der Waals surface area contributed by atoms with Gasteiger partial charge in [-0.05, 0) is 56.5 Å². The first-order valence-corrected chi connectivity index (χ1v) is 17.3. The molecule has 0 radical (unpaired) electrons. The highest BCUT2D eigenvalue weighted by molar-refractivity contribution is 6.45. The molecule has 2 saturated heterocycles. The Hall–Kier alpha value is -2.99. The van der Waals surface area contributed by atoms with E-state index in [2.05, 4.69) is 34.7 Å². The molecule has 5 heterocycles. The van der Waals surface area contributed by atoms with Crippen LogP contribution in [-0.4, -0.2) is 108 Å². The molecule has 2 unspecified atom stereocenters. The van der Waals surface area contributed by atoms with E-state index in [0.29, 0.717) is 63.9 Å². The zero-order chi connectivity index (χ0) is 33.5. The molecule has 47 heavy (non-hydrogen) atoms. The van der Waals surface area contributed by atoms with Gasteiger partial charge in [-0.25, -0.2) is 4.39 Å². The van der Waals surface area contributed by atoms with E-state index < -0.39 is 6.17 Å². The predicted molar refractivity (Wildman–Crippen MR) is 184 cm³/mol. The lowest BCUT2D eigenvalue weighted by molar-refractivity contribution is -0.124.